The maximum Gasteiger partial charge on any atom is 0.307 e. The highest BCUT2D eigenvalue weighted by Crippen LogP contribution is 2.25. The van der Waals surface area contributed by atoms with Crippen LogP contribution < -0.4 is 5.32 Å². The van der Waals surface area contributed by atoms with Crippen molar-refractivity contribution >= 4 is 11.9 Å². The van der Waals surface area contributed by atoms with Crippen molar-refractivity contribution in [2.75, 3.05) is 26.2 Å². The molecule has 1 aliphatic carbocycles. The van der Waals surface area contributed by atoms with Crippen LogP contribution in [0, 0.1) is 11.8 Å². The number of hydrogen-bond donors (Lipinski definition) is 2. The zero-order valence-electron chi connectivity index (χ0n) is 12.1. The molecule has 5 nitrogen and oxygen atoms in total. The van der Waals surface area contributed by atoms with Crippen molar-refractivity contribution in [1.29, 1.82) is 0 Å². The molecule has 20 heavy (non-hydrogen) atoms. The van der Waals surface area contributed by atoms with Crippen LogP contribution in [0.5, 0.6) is 0 Å². The third kappa shape index (κ3) is 4.78. The Balaban J connectivity index is 1.57. The number of rotatable bonds is 6. The van der Waals surface area contributed by atoms with Crippen molar-refractivity contribution in [2.24, 2.45) is 11.8 Å². The van der Waals surface area contributed by atoms with Crippen LogP contribution in [0.4, 0.5) is 0 Å². The fourth-order valence-corrected chi connectivity index (χ4v) is 3.33. The van der Waals surface area contributed by atoms with Gasteiger partial charge in [0.25, 0.3) is 0 Å². The monoisotopic (exact) mass is 282 g/mol. The molecule has 0 radical (unpaired) electrons. The number of nitrogens with one attached hydrogen (secondary N) is 1. The van der Waals surface area contributed by atoms with E-state index in [0.29, 0.717) is 26.1 Å². The number of aliphatic carboxylic acids is 1. The Morgan fingerprint density at radius 3 is 2.55 bits per heavy atom. The summed E-state index contributed by atoms with van der Waals surface area (Å²) in [7, 11) is 0. The van der Waals surface area contributed by atoms with E-state index in [2.05, 4.69) is 5.32 Å². The van der Waals surface area contributed by atoms with Crippen molar-refractivity contribution in [2.45, 2.75) is 44.9 Å². The van der Waals surface area contributed by atoms with E-state index in [1.807, 2.05) is 4.90 Å². The quantitative estimate of drug-likeness (QED) is 0.774. The number of nitrogens with zero attached hydrogens (tertiary/aromatic N) is 1. The summed E-state index contributed by atoms with van der Waals surface area (Å²) in [5.74, 6) is -0.227. The Morgan fingerprint density at radius 1 is 1.15 bits per heavy atom. The summed E-state index contributed by atoms with van der Waals surface area (Å²) in [4.78, 5) is 24.6. The van der Waals surface area contributed by atoms with Crippen LogP contribution in [-0.2, 0) is 9.59 Å². The molecule has 0 spiro atoms. The Labute approximate surface area is 120 Å². The fourth-order valence-electron chi connectivity index (χ4n) is 3.33. The van der Waals surface area contributed by atoms with E-state index >= 15 is 0 Å². The summed E-state index contributed by atoms with van der Waals surface area (Å²) in [5, 5.41) is 11.9. The molecule has 1 amide bonds. The van der Waals surface area contributed by atoms with E-state index in [4.69, 9.17) is 5.11 Å². The van der Waals surface area contributed by atoms with Gasteiger partial charge in [-0.2, -0.15) is 0 Å². The minimum absolute atomic E-state index is 0.0341. The van der Waals surface area contributed by atoms with Crippen LogP contribution >= 0.6 is 0 Å². The zero-order chi connectivity index (χ0) is 14.4. The van der Waals surface area contributed by atoms with Crippen molar-refractivity contribution in [3.63, 3.8) is 0 Å². The van der Waals surface area contributed by atoms with Gasteiger partial charge in [-0.1, -0.05) is 32.1 Å². The van der Waals surface area contributed by atoms with Crippen LogP contribution in [0.15, 0.2) is 0 Å². The molecule has 1 heterocycles. The summed E-state index contributed by atoms with van der Waals surface area (Å²) in [6.45, 7) is 2.33. The summed E-state index contributed by atoms with van der Waals surface area (Å²) in [6.07, 6.45) is 8.40. The molecule has 5 heteroatoms. The number of likely N-dealkylation sites (tertiary alicyclic amines) is 1. The molecule has 1 saturated heterocycles. The van der Waals surface area contributed by atoms with Gasteiger partial charge in [-0.3, -0.25) is 14.5 Å². The molecule has 0 bridgehead atoms. The summed E-state index contributed by atoms with van der Waals surface area (Å²) < 4.78 is 0. The lowest BCUT2D eigenvalue weighted by molar-refractivity contribution is -0.141. The van der Waals surface area contributed by atoms with E-state index in [-0.39, 0.29) is 11.8 Å². The lowest BCUT2D eigenvalue weighted by Crippen LogP contribution is -2.37. The molecule has 2 N–H and O–H groups in total. The first-order valence-corrected chi connectivity index (χ1v) is 7.87. The van der Waals surface area contributed by atoms with Gasteiger partial charge < -0.3 is 10.4 Å². The number of hydrogen-bond acceptors (Lipinski definition) is 3. The minimum atomic E-state index is -0.745. The SMILES string of the molecule is O=C(CN1CCC(C(=O)O)C1)NCCC1CCCCC1. The summed E-state index contributed by atoms with van der Waals surface area (Å²) >= 11 is 0. The maximum atomic E-state index is 11.8. The molecule has 0 aromatic carbocycles. The van der Waals surface area contributed by atoms with Crippen LogP contribution in [0.1, 0.15) is 44.9 Å². The largest absolute Gasteiger partial charge is 0.481 e. The average molecular weight is 282 g/mol. The number of carboxylic acids is 1. The van der Waals surface area contributed by atoms with Gasteiger partial charge in [0.2, 0.25) is 5.91 Å². The second kappa shape index (κ2) is 7.62. The molecule has 1 aliphatic heterocycles. The van der Waals surface area contributed by atoms with Gasteiger partial charge in [-0.25, -0.2) is 0 Å². The van der Waals surface area contributed by atoms with Gasteiger partial charge in [-0.15, -0.1) is 0 Å². The third-order valence-corrected chi connectivity index (χ3v) is 4.59. The van der Waals surface area contributed by atoms with Crippen molar-refractivity contribution in [3.8, 4) is 0 Å². The molecule has 1 saturated carbocycles. The smallest absolute Gasteiger partial charge is 0.307 e. The highest BCUT2D eigenvalue weighted by atomic mass is 16.4. The van der Waals surface area contributed by atoms with E-state index in [9.17, 15) is 9.59 Å². The summed E-state index contributed by atoms with van der Waals surface area (Å²) in [6, 6.07) is 0. The first-order valence-electron chi connectivity index (χ1n) is 7.87. The van der Waals surface area contributed by atoms with Crippen LogP contribution in [-0.4, -0.2) is 48.1 Å². The highest BCUT2D eigenvalue weighted by Gasteiger charge is 2.28. The number of carbonyl (C=O) groups excluding carboxylic acids is 1. The second-order valence-corrected chi connectivity index (χ2v) is 6.20. The normalized spacial score (nSPS) is 24.7. The molecule has 0 aromatic rings. The van der Waals surface area contributed by atoms with Crippen LogP contribution in [0.2, 0.25) is 0 Å². The minimum Gasteiger partial charge on any atom is -0.481 e. The predicted molar refractivity (Wildman–Crippen MR) is 76.4 cm³/mol. The van der Waals surface area contributed by atoms with Crippen LogP contribution in [0.25, 0.3) is 0 Å². The standard InChI is InChI=1S/C15H26N2O3/c18-14(11-17-9-7-13(10-17)15(19)20)16-8-6-12-4-2-1-3-5-12/h12-13H,1-11H2,(H,16,18)(H,19,20). The molecule has 2 rings (SSSR count). The molecular formula is C15H26N2O3. The molecule has 1 atom stereocenters. The Kier molecular flexibility index (Phi) is 5.83. The topological polar surface area (TPSA) is 69.6 Å². The van der Waals surface area contributed by atoms with Gasteiger partial charge in [-0.05, 0) is 25.3 Å². The maximum absolute atomic E-state index is 11.8. The van der Waals surface area contributed by atoms with E-state index in [1.54, 1.807) is 0 Å². The van der Waals surface area contributed by atoms with Gasteiger partial charge >= 0.3 is 5.97 Å². The number of carboxylic acid groups (broad SMARTS) is 1. The molecule has 2 aliphatic rings. The number of carbonyl (C=O) groups is 2. The van der Waals surface area contributed by atoms with Gasteiger partial charge in [0, 0.05) is 13.1 Å². The predicted octanol–water partition coefficient (Wildman–Crippen LogP) is 1.48. The molecule has 2 fully saturated rings. The Bertz CT molecular complexity index is 340. The van der Waals surface area contributed by atoms with Crippen molar-refractivity contribution in [1.82, 2.24) is 10.2 Å². The summed E-state index contributed by atoms with van der Waals surface area (Å²) in [5.41, 5.74) is 0. The molecule has 0 aromatic heterocycles. The fraction of sp³-hybridized carbons (Fsp3) is 0.867. The zero-order valence-corrected chi connectivity index (χ0v) is 12.1. The first-order chi connectivity index (χ1) is 9.65. The third-order valence-electron chi connectivity index (χ3n) is 4.59. The van der Waals surface area contributed by atoms with E-state index in [1.165, 1.54) is 32.1 Å². The van der Waals surface area contributed by atoms with Crippen molar-refractivity contribution in [3.05, 3.63) is 0 Å². The van der Waals surface area contributed by atoms with Gasteiger partial charge in [0.1, 0.15) is 0 Å². The van der Waals surface area contributed by atoms with Crippen molar-refractivity contribution < 1.29 is 14.7 Å². The van der Waals surface area contributed by atoms with Crippen LogP contribution in [0.3, 0.4) is 0 Å². The Morgan fingerprint density at radius 2 is 1.90 bits per heavy atom. The van der Waals surface area contributed by atoms with Gasteiger partial charge in [0.05, 0.1) is 12.5 Å². The first kappa shape index (κ1) is 15.3. The molecule has 114 valence electrons. The van der Waals surface area contributed by atoms with E-state index < -0.39 is 5.97 Å². The average Bonchev–Trinajstić information content (AvgIpc) is 2.88. The lowest BCUT2D eigenvalue weighted by atomic mass is 9.87. The lowest BCUT2D eigenvalue weighted by Gasteiger charge is -2.21. The molecule has 1 unspecified atom stereocenters. The van der Waals surface area contributed by atoms with E-state index in [0.717, 1.165) is 18.9 Å². The molecular weight excluding hydrogens is 256 g/mol. The highest BCUT2D eigenvalue weighted by molar-refractivity contribution is 5.78. The number of amides is 1. The van der Waals surface area contributed by atoms with Gasteiger partial charge in [0.15, 0.2) is 0 Å². The second-order valence-electron chi connectivity index (χ2n) is 6.20. The Hall–Kier alpha value is -1.10.